The lowest BCUT2D eigenvalue weighted by Gasteiger charge is -2.10. The van der Waals surface area contributed by atoms with Crippen LogP contribution < -0.4 is 4.74 Å². The van der Waals surface area contributed by atoms with Gasteiger partial charge in [0.1, 0.15) is 12.4 Å². The molecule has 0 spiro atoms. The van der Waals surface area contributed by atoms with Gasteiger partial charge < -0.3 is 4.74 Å². The molecule has 2 rings (SSSR count). The van der Waals surface area contributed by atoms with Gasteiger partial charge in [-0.3, -0.25) is 0 Å². The molecule has 1 heterocycles. The number of halogens is 1. The summed E-state index contributed by atoms with van der Waals surface area (Å²) in [7, 11) is 0. The molecule has 0 bridgehead atoms. The van der Waals surface area contributed by atoms with Crippen LogP contribution in [0.25, 0.3) is 0 Å². The van der Waals surface area contributed by atoms with Gasteiger partial charge in [0.25, 0.3) is 0 Å². The normalized spacial score (nSPS) is 12.1. The van der Waals surface area contributed by atoms with Crippen molar-refractivity contribution < 1.29 is 9.13 Å². The maximum Gasteiger partial charge on any atom is 0.213 e. The molecule has 0 saturated heterocycles. The average Bonchev–Trinajstić information content (AvgIpc) is 2.54. The summed E-state index contributed by atoms with van der Waals surface area (Å²) in [5, 5.41) is 8.72. The number of allylic oxidation sites excluding steroid dienone is 2. The fraction of sp³-hybridized carbons (Fsp3) is 0.222. The van der Waals surface area contributed by atoms with E-state index in [1.54, 1.807) is 18.2 Å². The van der Waals surface area contributed by atoms with Crippen molar-refractivity contribution >= 4 is 0 Å². The van der Waals surface area contributed by atoms with Crippen LogP contribution in [0.4, 0.5) is 4.39 Å². The topological polar surface area (TPSA) is 45.9 Å². The molecule has 3 nitrogen and oxygen atoms in total. The standard InChI is InChI=1S/C18H17FN2O/c1-3-5-13(2)17-6-4-7-18(21-17)22-12-15-9-8-14(11-20)10-16(15)19/h3-10,13H,12H2,1-2H3/b5-3-. The zero-order chi connectivity index (χ0) is 15.9. The number of nitrogens with zero attached hydrogens (tertiary/aromatic N) is 2. The number of aromatic nitrogens is 1. The van der Waals surface area contributed by atoms with Gasteiger partial charge in [0.15, 0.2) is 0 Å². The monoisotopic (exact) mass is 296 g/mol. The SMILES string of the molecule is C/C=C\C(C)c1cccc(OCc2ccc(C#N)cc2F)n1. The van der Waals surface area contributed by atoms with Crippen molar-refractivity contribution in [3.63, 3.8) is 0 Å². The Kier molecular flexibility index (Phi) is 5.26. The molecule has 1 unspecified atom stereocenters. The molecule has 22 heavy (non-hydrogen) atoms. The summed E-state index contributed by atoms with van der Waals surface area (Å²) in [6, 6.07) is 11.8. The summed E-state index contributed by atoms with van der Waals surface area (Å²) in [4.78, 5) is 4.42. The summed E-state index contributed by atoms with van der Waals surface area (Å²) >= 11 is 0. The molecular weight excluding hydrogens is 279 g/mol. The highest BCUT2D eigenvalue weighted by Gasteiger charge is 2.07. The molecule has 0 fully saturated rings. The lowest BCUT2D eigenvalue weighted by atomic mass is 10.1. The first-order valence-corrected chi connectivity index (χ1v) is 7.05. The predicted octanol–water partition coefficient (Wildman–Crippen LogP) is 4.35. The molecule has 0 N–H and O–H groups in total. The van der Waals surface area contributed by atoms with Crippen LogP contribution in [-0.2, 0) is 6.61 Å². The van der Waals surface area contributed by atoms with Crippen LogP contribution in [0.1, 0.15) is 36.6 Å². The van der Waals surface area contributed by atoms with E-state index in [0.717, 1.165) is 5.69 Å². The van der Waals surface area contributed by atoms with Crippen molar-refractivity contribution in [1.29, 1.82) is 5.26 Å². The summed E-state index contributed by atoms with van der Waals surface area (Å²) < 4.78 is 19.3. The van der Waals surface area contributed by atoms with Gasteiger partial charge in [-0.2, -0.15) is 5.26 Å². The Bertz CT molecular complexity index is 719. The highest BCUT2D eigenvalue weighted by molar-refractivity contribution is 5.33. The molecule has 1 aromatic carbocycles. The predicted molar refractivity (Wildman–Crippen MR) is 82.9 cm³/mol. The fourth-order valence-electron chi connectivity index (χ4n) is 2.04. The Morgan fingerprint density at radius 1 is 1.36 bits per heavy atom. The second kappa shape index (κ2) is 7.37. The number of hydrogen-bond acceptors (Lipinski definition) is 3. The van der Waals surface area contributed by atoms with Crippen LogP contribution in [-0.4, -0.2) is 4.98 Å². The van der Waals surface area contributed by atoms with Crippen molar-refractivity contribution in [2.45, 2.75) is 26.4 Å². The molecule has 1 aromatic heterocycles. The quantitative estimate of drug-likeness (QED) is 0.770. The first kappa shape index (κ1) is 15.7. The van der Waals surface area contributed by atoms with Gasteiger partial charge >= 0.3 is 0 Å². The Balaban J connectivity index is 2.09. The molecule has 2 aromatic rings. The first-order chi connectivity index (χ1) is 10.6. The second-order valence-corrected chi connectivity index (χ2v) is 4.92. The van der Waals surface area contributed by atoms with Crippen LogP contribution in [0.3, 0.4) is 0 Å². The molecule has 0 aliphatic carbocycles. The van der Waals surface area contributed by atoms with Crippen molar-refractivity contribution in [1.82, 2.24) is 4.98 Å². The minimum atomic E-state index is -0.447. The summed E-state index contributed by atoms with van der Waals surface area (Å²) in [5.41, 5.74) is 1.59. The molecule has 0 aliphatic rings. The van der Waals surface area contributed by atoms with Gasteiger partial charge in [0.05, 0.1) is 17.3 Å². The Morgan fingerprint density at radius 2 is 2.18 bits per heavy atom. The van der Waals surface area contributed by atoms with Crippen molar-refractivity contribution in [2.75, 3.05) is 0 Å². The molecule has 0 amide bonds. The second-order valence-electron chi connectivity index (χ2n) is 4.92. The van der Waals surface area contributed by atoms with Crippen LogP contribution in [0.5, 0.6) is 5.88 Å². The van der Waals surface area contributed by atoms with Crippen LogP contribution in [0, 0.1) is 17.1 Å². The molecule has 1 atom stereocenters. The van der Waals surface area contributed by atoms with Crippen LogP contribution in [0.15, 0.2) is 48.6 Å². The van der Waals surface area contributed by atoms with Crippen molar-refractivity contribution in [3.8, 4) is 11.9 Å². The first-order valence-electron chi connectivity index (χ1n) is 7.05. The number of ether oxygens (including phenoxy) is 1. The van der Waals surface area contributed by atoms with E-state index in [2.05, 4.69) is 4.98 Å². The average molecular weight is 296 g/mol. The van der Waals surface area contributed by atoms with Gasteiger partial charge in [-0.05, 0) is 25.1 Å². The lowest BCUT2D eigenvalue weighted by molar-refractivity contribution is 0.287. The van der Waals surface area contributed by atoms with E-state index >= 15 is 0 Å². The van der Waals surface area contributed by atoms with E-state index in [4.69, 9.17) is 10.00 Å². The zero-order valence-electron chi connectivity index (χ0n) is 12.6. The van der Waals surface area contributed by atoms with E-state index < -0.39 is 5.82 Å². The number of rotatable bonds is 5. The van der Waals surface area contributed by atoms with Gasteiger partial charge in [-0.25, -0.2) is 9.37 Å². The van der Waals surface area contributed by atoms with E-state index in [1.807, 2.05) is 44.2 Å². The Labute approximate surface area is 129 Å². The van der Waals surface area contributed by atoms with Crippen LogP contribution in [0.2, 0.25) is 0 Å². The molecular formula is C18H17FN2O. The summed E-state index contributed by atoms with van der Waals surface area (Å²) in [6.07, 6.45) is 4.03. The van der Waals surface area contributed by atoms with Crippen LogP contribution >= 0.6 is 0 Å². The summed E-state index contributed by atoms with van der Waals surface area (Å²) in [5.74, 6) is 0.204. The Morgan fingerprint density at radius 3 is 2.86 bits per heavy atom. The third-order valence-electron chi connectivity index (χ3n) is 3.25. The maximum atomic E-state index is 13.8. The van der Waals surface area contributed by atoms with Crippen molar-refractivity contribution in [2.24, 2.45) is 0 Å². The fourth-order valence-corrected chi connectivity index (χ4v) is 2.04. The van der Waals surface area contributed by atoms with E-state index in [9.17, 15) is 4.39 Å². The molecule has 112 valence electrons. The van der Waals surface area contributed by atoms with E-state index in [0.29, 0.717) is 17.0 Å². The summed E-state index contributed by atoms with van der Waals surface area (Å²) in [6.45, 7) is 4.09. The Hall–Kier alpha value is -2.67. The lowest BCUT2D eigenvalue weighted by Crippen LogP contribution is -2.02. The number of hydrogen-bond donors (Lipinski definition) is 0. The minimum absolute atomic E-state index is 0.0754. The molecule has 0 radical (unpaired) electrons. The highest BCUT2D eigenvalue weighted by atomic mass is 19.1. The van der Waals surface area contributed by atoms with Gasteiger partial charge in [-0.1, -0.05) is 31.2 Å². The maximum absolute atomic E-state index is 13.8. The van der Waals surface area contributed by atoms with Gasteiger partial charge in [0, 0.05) is 17.5 Å². The minimum Gasteiger partial charge on any atom is -0.473 e. The largest absolute Gasteiger partial charge is 0.473 e. The van der Waals surface area contributed by atoms with Gasteiger partial charge in [-0.15, -0.1) is 0 Å². The van der Waals surface area contributed by atoms with Gasteiger partial charge in [0.2, 0.25) is 5.88 Å². The molecule has 0 aliphatic heterocycles. The number of pyridine rings is 1. The number of benzene rings is 1. The third-order valence-corrected chi connectivity index (χ3v) is 3.25. The number of nitriles is 1. The molecule has 0 saturated carbocycles. The van der Waals surface area contributed by atoms with E-state index in [1.165, 1.54) is 6.07 Å². The smallest absolute Gasteiger partial charge is 0.213 e. The third kappa shape index (κ3) is 3.92. The molecule has 4 heteroatoms. The highest BCUT2D eigenvalue weighted by Crippen LogP contribution is 2.19. The zero-order valence-corrected chi connectivity index (χ0v) is 12.6. The van der Waals surface area contributed by atoms with Crippen molar-refractivity contribution in [3.05, 3.63) is 71.2 Å². The van der Waals surface area contributed by atoms with E-state index in [-0.39, 0.29) is 12.5 Å².